The molecule has 0 aliphatic rings. The normalized spacial score (nSPS) is 10.4. The molecule has 0 fully saturated rings. The van der Waals surface area contributed by atoms with Crippen LogP contribution in [0.1, 0.15) is 37.0 Å². The number of hydrogen-bond donors (Lipinski definition) is 0. The predicted octanol–water partition coefficient (Wildman–Crippen LogP) is 3.29. The molecule has 17 heavy (non-hydrogen) atoms. The molecule has 1 aromatic rings. The minimum absolute atomic E-state index is 0.323. The van der Waals surface area contributed by atoms with Gasteiger partial charge in [0, 0.05) is 0 Å². The Morgan fingerprint density at radius 2 is 1.88 bits per heavy atom. The van der Waals surface area contributed by atoms with Crippen molar-refractivity contribution in [1.29, 1.82) is 0 Å². The van der Waals surface area contributed by atoms with E-state index in [1.54, 1.807) is 24.3 Å². The number of ether oxygens (including phenoxy) is 2. The second-order valence-corrected chi connectivity index (χ2v) is 4.40. The van der Waals surface area contributed by atoms with Gasteiger partial charge in [0.05, 0.1) is 19.3 Å². The molecule has 0 heterocycles. The van der Waals surface area contributed by atoms with Crippen molar-refractivity contribution in [2.45, 2.75) is 26.7 Å². The second-order valence-electron chi connectivity index (χ2n) is 4.40. The van der Waals surface area contributed by atoms with Crippen LogP contribution in [0, 0.1) is 5.92 Å². The van der Waals surface area contributed by atoms with Gasteiger partial charge >= 0.3 is 5.97 Å². The third-order valence-electron chi connectivity index (χ3n) is 2.47. The fraction of sp³-hybridized carbons (Fsp3) is 0.500. The lowest BCUT2D eigenvalue weighted by atomic mass is 10.1. The SMILES string of the molecule is COC(=O)c1ccc(OCCCC(C)C)cc1. The Hall–Kier alpha value is -1.51. The Kier molecular flexibility index (Phi) is 5.53. The van der Waals surface area contributed by atoms with Crippen molar-refractivity contribution in [2.24, 2.45) is 5.92 Å². The van der Waals surface area contributed by atoms with Crippen LogP contribution in [-0.2, 0) is 4.74 Å². The molecule has 0 aliphatic carbocycles. The molecule has 0 aromatic heterocycles. The Balaban J connectivity index is 2.38. The molecule has 0 N–H and O–H groups in total. The van der Waals surface area contributed by atoms with Crippen molar-refractivity contribution >= 4 is 5.97 Å². The van der Waals surface area contributed by atoms with Crippen LogP contribution in [-0.4, -0.2) is 19.7 Å². The summed E-state index contributed by atoms with van der Waals surface area (Å²) in [6.07, 6.45) is 2.22. The number of carbonyl (C=O) groups is 1. The van der Waals surface area contributed by atoms with Crippen LogP contribution in [0.2, 0.25) is 0 Å². The summed E-state index contributed by atoms with van der Waals surface area (Å²) >= 11 is 0. The number of carbonyl (C=O) groups excluding carboxylic acids is 1. The second kappa shape index (κ2) is 6.94. The van der Waals surface area contributed by atoms with Crippen LogP contribution >= 0.6 is 0 Å². The smallest absolute Gasteiger partial charge is 0.337 e. The van der Waals surface area contributed by atoms with Crippen molar-refractivity contribution in [2.75, 3.05) is 13.7 Å². The number of hydrogen-bond acceptors (Lipinski definition) is 3. The van der Waals surface area contributed by atoms with Gasteiger partial charge in [0.1, 0.15) is 5.75 Å². The monoisotopic (exact) mass is 236 g/mol. The van der Waals surface area contributed by atoms with Crippen LogP contribution in [0.25, 0.3) is 0 Å². The number of methoxy groups -OCH3 is 1. The van der Waals surface area contributed by atoms with Crippen LogP contribution in [0.3, 0.4) is 0 Å². The third-order valence-corrected chi connectivity index (χ3v) is 2.47. The van der Waals surface area contributed by atoms with Gasteiger partial charge in [-0.3, -0.25) is 0 Å². The molecule has 1 aromatic carbocycles. The minimum atomic E-state index is -0.323. The fourth-order valence-electron chi connectivity index (χ4n) is 1.49. The van der Waals surface area contributed by atoms with Crippen LogP contribution < -0.4 is 4.74 Å². The van der Waals surface area contributed by atoms with Crippen molar-refractivity contribution in [3.63, 3.8) is 0 Å². The summed E-state index contributed by atoms with van der Waals surface area (Å²) in [5.41, 5.74) is 0.544. The highest BCUT2D eigenvalue weighted by Gasteiger charge is 2.04. The fourth-order valence-corrected chi connectivity index (χ4v) is 1.49. The zero-order chi connectivity index (χ0) is 12.7. The maximum absolute atomic E-state index is 11.2. The molecule has 0 radical (unpaired) electrons. The average Bonchev–Trinajstić information content (AvgIpc) is 2.34. The van der Waals surface area contributed by atoms with Gasteiger partial charge in [0.15, 0.2) is 0 Å². The molecular weight excluding hydrogens is 216 g/mol. The summed E-state index contributed by atoms with van der Waals surface area (Å²) in [4.78, 5) is 11.2. The Labute approximate surface area is 103 Å². The van der Waals surface area contributed by atoms with Crippen LogP contribution in [0.5, 0.6) is 5.75 Å². The maximum Gasteiger partial charge on any atom is 0.337 e. The molecule has 0 unspecified atom stereocenters. The Morgan fingerprint density at radius 1 is 1.24 bits per heavy atom. The van der Waals surface area contributed by atoms with Gasteiger partial charge in [0.2, 0.25) is 0 Å². The first-order valence-corrected chi connectivity index (χ1v) is 5.94. The van der Waals surface area contributed by atoms with Crippen molar-refractivity contribution in [3.8, 4) is 5.75 Å². The summed E-state index contributed by atoms with van der Waals surface area (Å²) in [6.45, 7) is 5.12. The number of benzene rings is 1. The van der Waals surface area contributed by atoms with E-state index in [1.165, 1.54) is 13.5 Å². The average molecular weight is 236 g/mol. The van der Waals surface area contributed by atoms with E-state index in [4.69, 9.17) is 4.74 Å². The Bertz CT molecular complexity index is 341. The summed E-state index contributed by atoms with van der Waals surface area (Å²) in [5.74, 6) is 1.18. The van der Waals surface area contributed by atoms with Gasteiger partial charge in [-0.25, -0.2) is 4.79 Å². The highest BCUT2D eigenvalue weighted by atomic mass is 16.5. The van der Waals surface area contributed by atoms with Gasteiger partial charge in [0.25, 0.3) is 0 Å². The van der Waals surface area contributed by atoms with E-state index >= 15 is 0 Å². The molecular formula is C14H20O3. The summed E-state index contributed by atoms with van der Waals surface area (Å²) in [6, 6.07) is 7.01. The summed E-state index contributed by atoms with van der Waals surface area (Å²) in [5, 5.41) is 0. The third kappa shape index (κ3) is 4.89. The minimum Gasteiger partial charge on any atom is -0.494 e. The molecule has 3 nitrogen and oxygen atoms in total. The van der Waals surface area contributed by atoms with Crippen molar-refractivity contribution in [3.05, 3.63) is 29.8 Å². The molecule has 0 amide bonds. The molecule has 0 aliphatic heterocycles. The zero-order valence-corrected chi connectivity index (χ0v) is 10.7. The number of rotatable bonds is 6. The van der Waals surface area contributed by atoms with Gasteiger partial charge in [-0.05, 0) is 43.0 Å². The first-order valence-electron chi connectivity index (χ1n) is 5.94. The lowest BCUT2D eigenvalue weighted by molar-refractivity contribution is 0.0600. The van der Waals surface area contributed by atoms with Gasteiger partial charge in [-0.15, -0.1) is 0 Å². The molecule has 94 valence electrons. The molecule has 0 spiro atoms. The summed E-state index contributed by atoms with van der Waals surface area (Å²) in [7, 11) is 1.37. The molecule has 0 atom stereocenters. The molecule has 1 rings (SSSR count). The lowest BCUT2D eigenvalue weighted by Crippen LogP contribution is -2.02. The lowest BCUT2D eigenvalue weighted by Gasteiger charge is -2.08. The van der Waals surface area contributed by atoms with E-state index in [9.17, 15) is 4.79 Å². The first-order chi connectivity index (χ1) is 8.13. The summed E-state index contributed by atoms with van der Waals surface area (Å²) < 4.78 is 10.2. The highest BCUT2D eigenvalue weighted by Crippen LogP contribution is 2.14. The number of esters is 1. The van der Waals surface area contributed by atoms with E-state index in [2.05, 4.69) is 18.6 Å². The van der Waals surface area contributed by atoms with E-state index in [0.29, 0.717) is 11.5 Å². The van der Waals surface area contributed by atoms with Crippen molar-refractivity contribution < 1.29 is 14.3 Å². The van der Waals surface area contributed by atoms with Gasteiger partial charge < -0.3 is 9.47 Å². The molecule has 3 heteroatoms. The van der Waals surface area contributed by atoms with Gasteiger partial charge in [-0.2, -0.15) is 0 Å². The quantitative estimate of drug-likeness (QED) is 0.561. The Morgan fingerprint density at radius 3 is 2.41 bits per heavy atom. The van der Waals surface area contributed by atoms with E-state index < -0.39 is 0 Å². The first kappa shape index (κ1) is 13.6. The standard InChI is InChI=1S/C14H20O3/c1-11(2)5-4-10-17-13-8-6-12(7-9-13)14(15)16-3/h6-9,11H,4-5,10H2,1-3H3. The van der Waals surface area contributed by atoms with Crippen molar-refractivity contribution in [1.82, 2.24) is 0 Å². The van der Waals surface area contributed by atoms with E-state index in [0.717, 1.165) is 18.8 Å². The zero-order valence-electron chi connectivity index (χ0n) is 10.7. The highest BCUT2D eigenvalue weighted by molar-refractivity contribution is 5.89. The maximum atomic E-state index is 11.2. The molecule has 0 saturated carbocycles. The molecule has 0 saturated heterocycles. The topological polar surface area (TPSA) is 35.5 Å². The van der Waals surface area contributed by atoms with Crippen LogP contribution in [0.15, 0.2) is 24.3 Å². The van der Waals surface area contributed by atoms with E-state index in [-0.39, 0.29) is 5.97 Å². The largest absolute Gasteiger partial charge is 0.494 e. The molecule has 0 bridgehead atoms. The predicted molar refractivity (Wildman–Crippen MR) is 67.3 cm³/mol. The van der Waals surface area contributed by atoms with Crippen LogP contribution in [0.4, 0.5) is 0 Å². The van der Waals surface area contributed by atoms with E-state index in [1.807, 2.05) is 0 Å². The van der Waals surface area contributed by atoms with Gasteiger partial charge in [-0.1, -0.05) is 13.8 Å².